The number of phosphoric ester groups is 2. The van der Waals surface area contributed by atoms with Crippen LogP contribution in [0.25, 0.3) is 0 Å². The third-order valence-corrected chi connectivity index (χ3v) is 21.5. The van der Waals surface area contributed by atoms with Gasteiger partial charge in [-0.1, -0.05) is 382 Å². The summed E-state index contributed by atoms with van der Waals surface area (Å²) < 4.78 is 68.7. The van der Waals surface area contributed by atoms with Crippen molar-refractivity contribution < 1.29 is 80.2 Å². The molecule has 0 spiro atoms. The van der Waals surface area contributed by atoms with Gasteiger partial charge in [0.25, 0.3) is 0 Å². The highest BCUT2D eigenvalue weighted by molar-refractivity contribution is 7.47. The molecule has 0 aromatic carbocycles. The maximum atomic E-state index is 13.1. The second-order valence-corrected chi connectivity index (χ2v) is 33.1. The molecule has 0 saturated heterocycles. The van der Waals surface area contributed by atoms with Crippen molar-refractivity contribution >= 4 is 39.5 Å². The average molecular weight is 1480 g/mol. The molecule has 3 unspecified atom stereocenters. The number of carbonyl (C=O) groups is 4. The highest BCUT2D eigenvalue weighted by Gasteiger charge is 2.30. The molecule has 0 aliphatic rings. The zero-order valence-electron chi connectivity index (χ0n) is 66.2. The minimum Gasteiger partial charge on any atom is -0.462 e. The van der Waals surface area contributed by atoms with Crippen LogP contribution in [0.4, 0.5) is 0 Å². The fourth-order valence-corrected chi connectivity index (χ4v) is 14.3. The zero-order chi connectivity index (χ0) is 74.2. The van der Waals surface area contributed by atoms with Crippen LogP contribution in [0.1, 0.15) is 433 Å². The van der Waals surface area contributed by atoms with Gasteiger partial charge in [0.1, 0.15) is 19.3 Å². The fraction of sp³-hybridized carbons (Fsp3) is 0.951. The van der Waals surface area contributed by atoms with E-state index >= 15 is 0 Å². The number of rotatable bonds is 81. The normalized spacial score (nSPS) is 14.2. The molecule has 600 valence electrons. The lowest BCUT2D eigenvalue weighted by atomic mass is 9.99. The first-order valence-electron chi connectivity index (χ1n) is 42.5. The topological polar surface area (TPSA) is 237 Å². The molecule has 0 aliphatic heterocycles. The van der Waals surface area contributed by atoms with Gasteiger partial charge in [0, 0.05) is 25.7 Å². The molecule has 0 radical (unpaired) electrons. The molecule has 0 rings (SSSR count). The maximum Gasteiger partial charge on any atom is 0.472 e. The molecule has 0 aliphatic carbocycles. The summed E-state index contributed by atoms with van der Waals surface area (Å²) >= 11 is 0. The van der Waals surface area contributed by atoms with E-state index in [1.54, 1.807) is 0 Å². The van der Waals surface area contributed by atoms with Crippen molar-refractivity contribution in [1.29, 1.82) is 0 Å². The minimum absolute atomic E-state index is 0.106. The van der Waals surface area contributed by atoms with E-state index in [2.05, 4.69) is 41.5 Å². The smallest absolute Gasteiger partial charge is 0.462 e. The molecule has 0 heterocycles. The van der Waals surface area contributed by atoms with Crippen LogP contribution in [0.5, 0.6) is 0 Å². The molecule has 0 amide bonds. The number of esters is 4. The Kier molecular flexibility index (Phi) is 72.2. The fourth-order valence-electron chi connectivity index (χ4n) is 12.7. The number of phosphoric acid groups is 2. The summed E-state index contributed by atoms with van der Waals surface area (Å²) in [5, 5.41) is 10.6. The molecule has 6 atom stereocenters. The van der Waals surface area contributed by atoms with E-state index in [0.29, 0.717) is 31.6 Å². The van der Waals surface area contributed by atoms with Gasteiger partial charge in [0.2, 0.25) is 0 Å². The van der Waals surface area contributed by atoms with Gasteiger partial charge >= 0.3 is 39.5 Å². The molecular formula is C82H160O17P2. The van der Waals surface area contributed by atoms with E-state index in [0.717, 1.165) is 102 Å². The Bertz CT molecular complexity index is 1940. The Morgan fingerprint density at radius 1 is 0.287 bits per heavy atom. The van der Waals surface area contributed by atoms with Crippen molar-refractivity contribution in [2.45, 2.75) is 452 Å². The lowest BCUT2D eigenvalue weighted by Crippen LogP contribution is -2.30. The SMILES string of the molecule is CCCCCCCCCCCCCCCCCCCCCCC(=O)O[C@H](COC(=O)CCCCCCCCCCCCCCCCCCC)COP(=O)(O)OC[C@@H](O)COP(=O)(O)OC[C@@H](COC(=O)CCCCCCCCCC(C)C)OC(=O)CCCCCCCCCCCCC(C)CC. The Hall–Kier alpha value is -1.94. The summed E-state index contributed by atoms with van der Waals surface area (Å²) in [5.41, 5.74) is 0. The first-order chi connectivity index (χ1) is 48.9. The van der Waals surface area contributed by atoms with Gasteiger partial charge in [-0.3, -0.25) is 37.3 Å². The lowest BCUT2D eigenvalue weighted by molar-refractivity contribution is -0.161. The highest BCUT2D eigenvalue weighted by atomic mass is 31.2. The van der Waals surface area contributed by atoms with Crippen LogP contribution in [-0.4, -0.2) is 96.7 Å². The molecule has 0 saturated carbocycles. The van der Waals surface area contributed by atoms with Crippen LogP contribution < -0.4 is 0 Å². The van der Waals surface area contributed by atoms with Gasteiger partial charge in [0.05, 0.1) is 26.4 Å². The summed E-state index contributed by atoms with van der Waals surface area (Å²) in [5.74, 6) is -0.601. The van der Waals surface area contributed by atoms with Crippen molar-refractivity contribution in [2.75, 3.05) is 39.6 Å². The number of unbranched alkanes of at least 4 members (excludes halogenated alkanes) is 50. The Balaban J connectivity index is 5.23. The molecule has 0 aromatic rings. The number of hydrogen-bond acceptors (Lipinski definition) is 15. The first kappa shape index (κ1) is 99.1. The van der Waals surface area contributed by atoms with Gasteiger partial charge in [-0.05, 0) is 37.5 Å². The summed E-state index contributed by atoms with van der Waals surface area (Å²) in [6.45, 7) is 9.61. The van der Waals surface area contributed by atoms with E-state index in [1.807, 2.05) is 0 Å². The van der Waals surface area contributed by atoms with Gasteiger partial charge in [-0.15, -0.1) is 0 Å². The molecule has 3 N–H and O–H groups in total. The van der Waals surface area contributed by atoms with E-state index < -0.39 is 97.5 Å². The second-order valence-electron chi connectivity index (χ2n) is 30.2. The van der Waals surface area contributed by atoms with E-state index in [4.69, 9.17) is 37.0 Å². The van der Waals surface area contributed by atoms with E-state index in [-0.39, 0.29) is 25.7 Å². The van der Waals surface area contributed by atoms with Gasteiger partial charge < -0.3 is 33.8 Å². The van der Waals surface area contributed by atoms with Crippen molar-refractivity contribution in [1.82, 2.24) is 0 Å². The predicted octanol–water partition coefficient (Wildman–Crippen LogP) is 24.7. The summed E-state index contributed by atoms with van der Waals surface area (Å²) in [7, 11) is -9.92. The van der Waals surface area contributed by atoms with Crippen LogP contribution in [0.3, 0.4) is 0 Å². The van der Waals surface area contributed by atoms with Crippen LogP contribution in [-0.2, 0) is 65.4 Å². The molecule has 19 heteroatoms. The second kappa shape index (κ2) is 73.6. The molecule has 17 nitrogen and oxygen atoms in total. The monoisotopic (exact) mass is 1480 g/mol. The van der Waals surface area contributed by atoms with Crippen molar-refractivity contribution in [3.8, 4) is 0 Å². The van der Waals surface area contributed by atoms with Gasteiger partial charge in [-0.25, -0.2) is 9.13 Å². The molecule has 0 aromatic heterocycles. The third kappa shape index (κ3) is 74.7. The quantitative estimate of drug-likeness (QED) is 0.0222. The summed E-state index contributed by atoms with van der Waals surface area (Å²) in [6.07, 6.45) is 63.9. The Morgan fingerprint density at radius 2 is 0.505 bits per heavy atom. The summed E-state index contributed by atoms with van der Waals surface area (Å²) in [6, 6.07) is 0. The average Bonchev–Trinajstić information content (AvgIpc) is 1.05. The third-order valence-electron chi connectivity index (χ3n) is 19.6. The lowest BCUT2D eigenvalue weighted by Gasteiger charge is -2.21. The van der Waals surface area contributed by atoms with Crippen molar-refractivity contribution in [3.63, 3.8) is 0 Å². The molecule has 0 bridgehead atoms. The van der Waals surface area contributed by atoms with Crippen molar-refractivity contribution in [3.05, 3.63) is 0 Å². The maximum absolute atomic E-state index is 13.1. The molecule has 0 fully saturated rings. The standard InChI is InChI=1S/C82H160O17P2/c1-7-10-12-14-16-18-20-22-24-26-27-28-30-32-34-36-41-47-54-60-66-81(86)98-77(70-92-79(84)64-58-52-46-40-35-33-31-29-25-23-21-19-17-15-13-11-8-2)72-96-100(88,89)94-68-76(83)69-95-101(90,91)97-73-78(71-93-80(85)65-59-53-49-43-44-50-56-62-74(4)5)99-82(87)67-61-55-48-42-38-37-39-45-51-57-63-75(6)9-3/h74-78,83H,7-73H2,1-6H3,(H,88,89)(H,90,91)/t75?,76-,77-,78-/m1/s1. The molecular weight excluding hydrogens is 1320 g/mol. The minimum atomic E-state index is -4.96. The highest BCUT2D eigenvalue weighted by Crippen LogP contribution is 2.45. The Morgan fingerprint density at radius 3 is 0.752 bits per heavy atom. The number of ether oxygens (including phenoxy) is 4. The van der Waals surface area contributed by atoms with Crippen LogP contribution in [0.15, 0.2) is 0 Å². The number of hydrogen-bond donors (Lipinski definition) is 3. The number of carbonyl (C=O) groups excluding carboxylic acids is 4. The van der Waals surface area contributed by atoms with Gasteiger partial charge in [-0.2, -0.15) is 0 Å². The number of aliphatic hydroxyl groups excluding tert-OH is 1. The van der Waals surface area contributed by atoms with Crippen LogP contribution in [0, 0.1) is 11.8 Å². The predicted molar refractivity (Wildman–Crippen MR) is 414 cm³/mol. The van der Waals surface area contributed by atoms with Crippen LogP contribution in [0.2, 0.25) is 0 Å². The van der Waals surface area contributed by atoms with Gasteiger partial charge in [0.15, 0.2) is 12.2 Å². The van der Waals surface area contributed by atoms with Crippen LogP contribution >= 0.6 is 15.6 Å². The largest absolute Gasteiger partial charge is 0.472 e. The first-order valence-corrected chi connectivity index (χ1v) is 45.5. The zero-order valence-corrected chi connectivity index (χ0v) is 68.0. The summed E-state index contributed by atoms with van der Waals surface area (Å²) in [4.78, 5) is 73.1. The van der Waals surface area contributed by atoms with E-state index in [9.17, 15) is 43.2 Å². The van der Waals surface area contributed by atoms with E-state index in [1.165, 1.54) is 244 Å². The molecule has 101 heavy (non-hydrogen) atoms. The van der Waals surface area contributed by atoms with Crippen molar-refractivity contribution in [2.24, 2.45) is 11.8 Å². The Labute approximate surface area is 619 Å². The number of aliphatic hydroxyl groups is 1.